The fraction of sp³-hybridized carbons (Fsp3) is 0.250. The summed E-state index contributed by atoms with van der Waals surface area (Å²) in [5, 5.41) is 11.6. The van der Waals surface area contributed by atoms with E-state index in [1.807, 2.05) is 25.1 Å². The first kappa shape index (κ1) is 15.1. The van der Waals surface area contributed by atoms with Crippen LogP contribution in [0.15, 0.2) is 24.3 Å². The Morgan fingerprint density at radius 3 is 2.68 bits per heavy atom. The van der Waals surface area contributed by atoms with Crippen molar-refractivity contribution in [2.75, 3.05) is 18.4 Å². The van der Waals surface area contributed by atoms with E-state index < -0.39 is 18.4 Å². The number of amides is 1. The van der Waals surface area contributed by atoms with Gasteiger partial charge in [-0.2, -0.15) is 0 Å². The molecule has 0 aliphatic rings. The van der Waals surface area contributed by atoms with Gasteiger partial charge in [-0.25, -0.2) is 0 Å². The Balaban J connectivity index is 2.82. The van der Waals surface area contributed by atoms with E-state index in [9.17, 15) is 9.59 Å². The van der Waals surface area contributed by atoms with Crippen LogP contribution in [0.3, 0.4) is 0 Å². The first-order chi connectivity index (χ1) is 8.93. The van der Waals surface area contributed by atoms with Crippen LogP contribution in [0.2, 0.25) is 0 Å². The Bertz CT molecular complexity index is 505. The lowest BCUT2D eigenvalue weighted by molar-refractivity contribution is -0.141. The van der Waals surface area contributed by atoms with Gasteiger partial charge < -0.3 is 16.2 Å². The van der Waals surface area contributed by atoms with Crippen molar-refractivity contribution in [3.8, 4) is 0 Å². The van der Waals surface area contributed by atoms with Crippen LogP contribution >= 0.6 is 12.2 Å². The number of anilines is 1. The minimum Gasteiger partial charge on any atom is -0.480 e. The van der Waals surface area contributed by atoms with Crippen molar-refractivity contribution in [1.82, 2.24) is 4.90 Å². The van der Waals surface area contributed by atoms with Gasteiger partial charge in [0.1, 0.15) is 6.54 Å². The molecule has 0 unspecified atom stereocenters. The molecule has 1 amide bonds. The summed E-state index contributed by atoms with van der Waals surface area (Å²) in [6.07, 6.45) is 0. The molecule has 0 fully saturated rings. The zero-order valence-corrected chi connectivity index (χ0v) is 11.2. The normalized spacial score (nSPS) is 9.79. The maximum absolute atomic E-state index is 11.6. The average molecular weight is 281 g/mol. The Kier molecular flexibility index (Phi) is 5.40. The van der Waals surface area contributed by atoms with Crippen LogP contribution in [0.25, 0.3) is 0 Å². The highest BCUT2D eigenvalue weighted by Crippen LogP contribution is 2.10. The van der Waals surface area contributed by atoms with Gasteiger partial charge in [-0.1, -0.05) is 12.1 Å². The van der Waals surface area contributed by atoms with E-state index in [4.69, 9.17) is 23.1 Å². The molecule has 0 aliphatic carbocycles. The zero-order chi connectivity index (χ0) is 14.4. The Morgan fingerprint density at radius 2 is 2.16 bits per heavy atom. The number of hydrogen-bond donors (Lipinski definition) is 3. The number of nitrogens with zero attached hydrogens (tertiary/aromatic N) is 1. The van der Waals surface area contributed by atoms with Gasteiger partial charge in [0.2, 0.25) is 5.91 Å². The maximum Gasteiger partial charge on any atom is 0.323 e. The van der Waals surface area contributed by atoms with Gasteiger partial charge >= 0.3 is 5.97 Å². The molecule has 0 spiro atoms. The fourth-order valence-electron chi connectivity index (χ4n) is 1.43. The first-order valence-corrected chi connectivity index (χ1v) is 5.94. The van der Waals surface area contributed by atoms with E-state index >= 15 is 0 Å². The smallest absolute Gasteiger partial charge is 0.323 e. The predicted octanol–water partition coefficient (Wildman–Crippen LogP) is 0.564. The Labute approximate surface area is 116 Å². The molecular weight excluding hydrogens is 266 g/mol. The number of nitrogens with two attached hydrogens (primary N) is 1. The van der Waals surface area contributed by atoms with Crippen LogP contribution in [0.5, 0.6) is 0 Å². The molecule has 1 aromatic carbocycles. The van der Waals surface area contributed by atoms with Crippen molar-refractivity contribution in [1.29, 1.82) is 0 Å². The van der Waals surface area contributed by atoms with Gasteiger partial charge in [-0.05, 0) is 36.8 Å². The molecule has 4 N–H and O–H groups in total. The van der Waals surface area contributed by atoms with E-state index in [-0.39, 0.29) is 11.7 Å². The number of nitrogens with one attached hydrogen (secondary N) is 1. The van der Waals surface area contributed by atoms with Crippen molar-refractivity contribution in [2.24, 2.45) is 5.73 Å². The highest BCUT2D eigenvalue weighted by Gasteiger charge is 2.19. The van der Waals surface area contributed by atoms with Crippen LogP contribution in [0.4, 0.5) is 5.69 Å². The molecule has 0 heterocycles. The molecule has 102 valence electrons. The number of carboxylic acid groups (broad SMARTS) is 1. The highest BCUT2D eigenvalue weighted by atomic mass is 32.1. The Hall–Kier alpha value is -1.99. The van der Waals surface area contributed by atoms with Crippen molar-refractivity contribution in [2.45, 2.75) is 6.92 Å². The molecule has 1 rings (SSSR count). The number of aliphatic carboxylic acids is 1. The molecule has 0 saturated heterocycles. The van der Waals surface area contributed by atoms with Gasteiger partial charge in [-0.15, -0.1) is 0 Å². The van der Waals surface area contributed by atoms with Crippen LogP contribution in [0, 0.1) is 6.92 Å². The van der Waals surface area contributed by atoms with Crippen LogP contribution < -0.4 is 11.1 Å². The summed E-state index contributed by atoms with van der Waals surface area (Å²) >= 11 is 5.04. The van der Waals surface area contributed by atoms with Crippen molar-refractivity contribution < 1.29 is 14.7 Å². The molecule has 0 atom stereocenters. The van der Waals surface area contributed by atoms with Crippen molar-refractivity contribution in [3.05, 3.63) is 29.8 Å². The number of hydrogen-bond acceptors (Lipinski definition) is 4. The third kappa shape index (κ3) is 4.65. The lowest BCUT2D eigenvalue weighted by Gasteiger charge is -2.21. The average Bonchev–Trinajstić information content (AvgIpc) is 2.34. The lowest BCUT2D eigenvalue weighted by atomic mass is 10.2. The van der Waals surface area contributed by atoms with Gasteiger partial charge in [0.15, 0.2) is 5.11 Å². The molecule has 0 aromatic heterocycles. The number of carboxylic acids is 1. The van der Waals surface area contributed by atoms with E-state index in [1.54, 1.807) is 6.07 Å². The quantitative estimate of drug-likeness (QED) is 0.698. The van der Waals surface area contributed by atoms with Crippen molar-refractivity contribution >= 4 is 34.9 Å². The highest BCUT2D eigenvalue weighted by molar-refractivity contribution is 7.80. The van der Waals surface area contributed by atoms with Crippen LogP contribution in [0.1, 0.15) is 5.56 Å². The molecule has 0 aliphatic heterocycles. The molecule has 7 heteroatoms. The van der Waals surface area contributed by atoms with E-state index in [0.717, 1.165) is 10.5 Å². The predicted molar refractivity (Wildman–Crippen MR) is 75.8 cm³/mol. The summed E-state index contributed by atoms with van der Waals surface area (Å²) in [5.74, 6) is -1.71. The van der Waals surface area contributed by atoms with Gasteiger partial charge in [0, 0.05) is 5.69 Å². The molecule has 1 aromatic rings. The molecular formula is C12H15N3O3S. The second kappa shape index (κ2) is 6.81. The second-order valence-corrected chi connectivity index (χ2v) is 4.26. The number of benzene rings is 1. The molecule has 0 bridgehead atoms. The van der Waals surface area contributed by atoms with Gasteiger partial charge in [0.05, 0.1) is 6.54 Å². The summed E-state index contributed by atoms with van der Waals surface area (Å²) in [4.78, 5) is 23.2. The zero-order valence-electron chi connectivity index (χ0n) is 10.4. The summed E-state index contributed by atoms with van der Waals surface area (Å²) < 4.78 is 0. The standard InChI is InChI=1S/C12H15N3O3S/c1-8-3-2-4-9(5-8)14-12(19)15(7-11(17)18)10(16)6-13/h2-5H,6-7,13H2,1H3,(H,14,19)(H,17,18). The van der Waals surface area contributed by atoms with Gasteiger partial charge in [0.25, 0.3) is 0 Å². The minimum absolute atomic E-state index is 0.0171. The summed E-state index contributed by atoms with van der Waals surface area (Å²) in [6, 6.07) is 7.34. The third-order valence-corrected chi connectivity index (χ3v) is 2.61. The second-order valence-electron chi connectivity index (χ2n) is 3.88. The SMILES string of the molecule is Cc1cccc(NC(=S)N(CC(=O)O)C(=O)CN)c1. The summed E-state index contributed by atoms with van der Waals surface area (Å²) in [7, 11) is 0. The largest absolute Gasteiger partial charge is 0.480 e. The minimum atomic E-state index is -1.16. The van der Waals surface area contributed by atoms with Crippen molar-refractivity contribution in [3.63, 3.8) is 0 Å². The third-order valence-electron chi connectivity index (χ3n) is 2.28. The maximum atomic E-state index is 11.6. The number of rotatable bonds is 4. The summed E-state index contributed by atoms with van der Waals surface area (Å²) in [5.41, 5.74) is 6.93. The summed E-state index contributed by atoms with van der Waals surface area (Å²) in [6.45, 7) is 1.09. The topological polar surface area (TPSA) is 95.7 Å². The number of carbonyl (C=O) groups is 2. The number of carbonyl (C=O) groups excluding carboxylic acids is 1. The molecule has 0 radical (unpaired) electrons. The number of thiocarbonyl (C=S) groups is 1. The Morgan fingerprint density at radius 1 is 1.47 bits per heavy atom. The van der Waals surface area contributed by atoms with E-state index in [1.165, 1.54) is 0 Å². The fourth-order valence-corrected chi connectivity index (χ4v) is 1.72. The van der Waals surface area contributed by atoms with E-state index in [0.29, 0.717) is 5.69 Å². The van der Waals surface area contributed by atoms with Gasteiger partial charge in [-0.3, -0.25) is 14.5 Å². The molecule has 0 saturated carbocycles. The monoisotopic (exact) mass is 281 g/mol. The van der Waals surface area contributed by atoms with Crippen LogP contribution in [-0.4, -0.2) is 40.1 Å². The number of aryl methyl sites for hydroxylation is 1. The lowest BCUT2D eigenvalue weighted by Crippen LogP contribution is -2.45. The first-order valence-electron chi connectivity index (χ1n) is 5.54. The molecule has 6 nitrogen and oxygen atoms in total. The molecule has 19 heavy (non-hydrogen) atoms. The van der Waals surface area contributed by atoms with E-state index in [2.05, 4.69) is 5.32 Å². The van der Waals surface area contributed by atoms with Crippen LogP contribution in [-0.2, 0) is 9.59 Å².